The maximum absolute atomic E-state index is 11.3. The minimum atomic E-state index is -0.141. The van der Waals surface area contributed by atoms with Gasteiger partial charge in [0, 0.05) is 6.20 Å². The zero-order chi connectivity index (χ0) is 11.5. The molecule has 16 heavy (non-hydrogen) atoms. The monoisotopic (exact) mass is 277 g/mol. The van der Waals surface area contributed by atoms with E-state index in [4.69, 9.17) is 6.57 Å². The van der Waals surface area contributed by atoms with E-state index in [0.29, 0.717) is 11.4 Å². The Balaban J connectivity index is 2.53. The molecule has 0 aliphatic carbocycles. The van der Waals surface area contributed by atoms with Crippen molar-refractivity contribution in [3.63, 3.8) is 0 Å². The Morgan fingerprint density at radius 3 is 3.06 bits per heavy atom. The molecule has 0 aliphatic rings. The predicted octanol–water partition coefficient (Wildman–Crippen LogP) is 3.05. The zero-order valence-corrected chi connectivity index (χ0v) is 9.84. The first-order valence-electron chi connectivity index (χ1n) is 4.59. The fourth-order valence-electron chi connectivity index (χ4n) is 1.50. The zero-order valence-electron chi connectivity index (χ0n) is 8.25. The molecule has 0 fully saturated rings. The number of amides is 1. The van der Waals surface area contributed by atoms with Gasteiger partial charge >= 0.3 is 0 Å². The molecule has 0 bridgehead atoms. The summed E-state index contributed by atoms with van der Waals surface area (Å²) in [5.74, 6) is -0.141. The lowest BCUT2D eigenvalue weighted by Crippen LogP contribution is -2.12. The number of halogens is 1. The van der Waals surface area contributed by atoms with Gasteiger partial charge in [0.2, 0.25) is 5.91 Å². The minimum Gasteiger partial charge on any atom is -0.360 e. The third-order valence-electron chi connectivity index (χ3n) is 2.17. The molecule has 1 amide bonds. The van der Waals surface area contributed by atoms with Crippen LogP contribution in [0.5, 0.6) is 0 Å². The lowest BCUT2D eigenvalue weighted by molar-refractivity contribution is -0.113. The molecule has 4 nitrogen and oxygen atoms in total. The molecule has 0 aliphatic heterocycles. The summed E-state index contributed by atoms with van der Waals surface area (Å²) in [6, 6.07) is 5.31. The van der Waals surface area contributed by atoms with Crippen molar-refractivity contribution >= 4 is 44.1 Å². The lowest BCUT2D eigenvalue weighted by atomic mass is 10.2. The van der Waals surface area contributed by atoms with Crippen LogP contribution in [0.15, 0.2) is 24.4 Å². The van der Waals surface area contributed by atoms with Crippen LogP contribution in [0.3, 0.4) is 0 Å². The summed E-state index contributed by atoms with van der Waals surface area (Å²) in [4.78, 5) is 17.7. The number of carbonyl (C=O) groups excluding carboxylic acids is 1. The van der Waals surface area contributed by atoms with E-state index in [1.54, 1.807) is 18.3 Å². The number of rotatable bonds is 2. The Labute approximate surface area is 101 Å². The molecule has 80 valence electrons. The van der Waals surface area contributed by atoms with Crippen LogP contribution < -0.4 is 5.32 Å². The topological polar surface area (TPSA) is 49.2 Å². The molecule has 0 atom stereocenters. The van der Waals surface area contributed by atoms with Gasteiger partial charge in [0.15, 0.2) is 5.69 Å². The highest BCUT2D eigenvalue weighted by atomic mass is 79.9. The van der Waals surface area contributed by atoms with Crippen molar-refractivity contribution in [1.82, 2.24) is 4.98 Å². The van der Waals surface area contributed by atoms with Crippen LogP contribution in [0, 0.1) is 6.57 Å². The summed E-state index contributed by atoms with van der Waals surface area (Å²) in [7, 11) is 0. The Bertz CT molecular complexity index is 582. The number of aromatic nitrogens is 1. The molecular weight excluding hydrogens is 270 g/mol. The third-order valence-corrected chi connectivity index (χ3v) is 2.68. The Kier molecular flexibility index (Phi) is 2.93. The summed E-state index contributed by atoms with van der Waals surface area (Å²) in [5, 5.41) is 3.88. The van der Waals surface area contributed by atoms with Crippen LogP contribution in [0.4, 0.5) is 11.4 Å². The molecule has 0 saturated heterocycles. The predicted molar refractivity (Wildman–Crippen MR) is 67.0 cm³/mol. The van der Waals surface area contributed by atoms with Crippen molar-refractivity contribution in [3.05, 3.63) is 35.8 Å². The average Bonchev–Trinajstić information content (AvgIpc) is 2.76. The fraction of sp³-hybridized carbons (Fsp3) is 0.0909. The number of carbonyl (C=O) groups is 1. The average molecular weight is 278 g/mol. The van der Waals surface area contributed by atoms with Gasteiger partial charge in [-0.15, -0.1) is 0 Å². The summed E-state index contributed by atoms with van der Waals surface area (Å²) in [6.45, 7) is 6.99. The number of alkyl halides is 1. The number of benzene rings is 1. The van der Waals surface area contributed by atoms with E-state index in [9.17, 15) is 4.79 Å². The summed E-state index contributed by atoms with van der Waals surface area (Å²) in [6.07, 6.45) is 1.78. The summed E-state index contributed by atoms with van der Waals surface area (Å²) in [5.41, 5.74) is 1.98. The van der Waals surface area contributed by atoms with Crippen LogP contribution >= 0.6 is 15.9 Å². The number of nitrogens with zero attached hydrogens (tertiary/aromatic N) is 1. The number of nitrogens with one attached hydrogen (secondary N) is 2. The largest absolute Gasteiger partial charge is 0.360 e. The normalized spacial score (nSPS) is 10.0. The molecule has 2 N–H and O–H groups in total. The van der Waals surface area contributed by atoms with E-state index in [-0.39, 0.29) is 11.2 Å². The van der Waals surface area contributed by atoms with Crippen LogP contribution in [-0.4, -0.2) is 16.2 Å². The first kappa shape index (κ1) is 10.7. The van der Waals surface area contributed by atoms with E-state index >= 15 is 0 Å². The molecule has 0 radical (unpaired) electrons. The maximum atomic E-state index is 11.3. The van der Waals surface area contributed by atoms with Gasteiger partial charge in [-0.05, 0) is 23.6 Å². The quantitative estimate of drug-likeness (QED) is 0.643. The lowest BCUT2D eigenvalue weighted by Gasteiger charge is -2.05. The van der Waals surface area contributed by atoms with E-state index in [1.807, 2.05) is 6.07 Å². The van der Waals surface area contributed by atoms with Gasteiger partial charge in [-0.2, -0.15) is 0 Å². The molecule has 0 spiro atoms. The van der Waals surface area contributed by atoms with Gasteiger partial charge < -0.3 is 10.3 Å². The number of hydrogen-bond donors (Lipinski definition) is 2. The number of H-pyrrole nitrogens is 1. The van der Waals surface area contributed by atoms with E-state index in [1.165, 1.54) is 0 Å². The molecule has 0 saturated carbocycles. The Hall–Kier alpha value is -1.80. The van der Waals surface area contributed by atoms with Gasteiger partial charge in [0.1, 0.15) is 0 Å². The molecule has 1 aromatic heterocycles. The second-order valence-corrected chi connectivity index (χ2v) is 3.79. The van der Waals surface area contributed by atoms with Crippen LogP contribution in [0.1, 0.15) is 0 Å². The number of anilines is 1. The van der Waals surface area contributed by atoms with Crippen molar-refractivity contribution in [1.29, 1.82) is 0 Å². The smallest absolute Gasteiger partial charge is 0.235 e. The van der Waals surface area contributed by atoms with E-state index < -0.39 is 0 Å². The highest BCUT2D eigenvalue weighted by Crippen LogP contribution is 2.28. The van der Waals surface area contributed by atoms with Crippen LogP contribution in [0.25, 0.3) is 15.7 Å². The first-order valence-corrected chi connectivity index (χ1v) is 5.71. The maximum Gasteiger partial charge on any atom is 0.235 e. The molecule has 5 heteroatoms. The van der Waals surface area contributed by atoms with Crippen molar-refractivity contribution < 1.29 is 4.79 Å². The van der Waals surface area contributed by atoms with Crippen LogP contribution in [0.2, 0.25) is 0 Å². The molecule has 0 unspecified atom stereocenters. The van der Waals surface area contributed by atoms with Crippen molar-refractivity contribution in [2.75, 3.05) is 10.6 Å². The van der Waals surface area contributed by atoms with Gasteiger partial charge in [-0.1, -0.05) is 15.9 Å². The summed E-state index contributed by atoms with van der Waals surface area (Å²) < 4.78 is 0. The fourth-order valence-corrected chi connectivity index (χ4v) is 1.64. The van der Waals surface area contributed by atoms with E-state index in [0.717, 1.165) is 10.9 Å². The molecule has 2 aromatic rings. The Morgan fingerprint density at radius 1 is 1.56 bits per heavy atom. The molecule has 1 heterocycles. The number of fused-ring (bicyclic) bond motifs is 1. The number of aromatic amines is 1. The molecule has 2 rings (SSSR count). The first-order chi connectivity index (χ1) is 7.74. The van der Waals surface area contributed by atoms with E-state index in [2.05, 4.69) is 31.1 Å². The highest BCUT2D eigenvalue weighted by Gasteiger charge is 2.07. The van der Waals surface area contributed by atoms with Gasteiger partial charge in [0.05, 0.1) is 23.1 Å². The third kappa shape index (κ3) is 1.92. The highest BCUT2D eigenvalue weighted by molar-refractivity contribution is 9.09. The van der Waals surface area contributed by atoms with Crippen LogP contribution in [-0.2, 0) is 4.79 Å². The molecule has 1 aromatic carbocycles. The SMILES string of the molecule is [C-]#[N+]c1cc(NC(=O)CBr)c2[nH]ccc2c1. The molecular formula is C11H8BrN3O. The second-order valence-electron chi connectivity index (χ2n) is 3.23. The summed E-state index contributed by atoms with van der Waals surface area (Å²) >= 11 is 3.08. The van der Waals surface area contributed by atoms with Gasteiger partial charge in [-0.25, -0.2) is 4.85 Å². The Morgan fingerprint density at radius 2 is 2.38 bits per heavy atom. The number of hydrogen-bond acceptors (Lipinski definition) is 1. The van der Waals surface area contributed by atoms with Gasteiger partial charge in [0.25, 0.3) is 0 Å². The minimum absolute atomic E-state index is 0.141. The van der Waals surface area contributed by atoms with Crippen molar-refractivity contribution in [2.45, 2.75) is 0 Å². The standard InChI is InChI=1S/C11H8BrN3O/c1-13-8-4-7-2-3-14-11(7)9(5-8)15-10(16)6-12/h2-5,14H,6H2,(H,15,16). The second kappa shape index (κ2) is 4.37. The van der Waals surface area contributed by atoms with Crippen molar-refractivity contribution in [2.24, 2.45) is 0 Å². The van der Waals surface area contributed by atoms with Crippen molar-refractivity contribution in [3.8, 4) is 0 Å². The van der Waals surface area contributed by atoms with Gasteiger partial charge in [-0.3, -0.25) is 4.79 Å².